The lowest BCUT2D eigenvalue weighted by atomic mass is 9.79. The lowest BCUT2D eigenvalue weighted by Gasteiger charge is -2.34. The second-order valence-corrected chi connectivity index (χ2v) is 6.19. The zero-order chi connectivity index (χ0) is 13.0. The van der Waals surface area contributed by atoms with Crippen LogP contribution in [0.15, 0.2) is 0 Å². The van der Waals surface area contributed by atoms with Gasteiger partial charge in [0.1, 0.15) is 0 Å². The maximum Gasteiger partial charge on any atom is 0.223 e. The Kier molecular flexibility index (Phi) is 5.04. The van der Waals surface area contributed by atoms with Crippen LogP contribution in [-0.4, -0.2) is 23.2 Å². The molecule has 2 aliphatic rings. The Morgan fingerprint density at radius 1 is 1.22 bits per heavy atom. The van der Waals surface area contributed by atoms with E-state index in [1.807, 2.05) is 0 Å². The van der Waals surface area contributed by atoms with Gasteiger partial charge in [-0.1, -0.05) is 26.2 Å². The minimum atomic E-state index is -0.180. The molecule has 2 aliphatic carbocycles. The predicted molar refractivity (Wildman–Crippen MR) is 72.1 cm³/mol. The maximum absolute atomic E-state index is 12.0. The van der Waals surface area contributed by atoms with E-state index >= 15 is 0 Å². The molecule has 1 amide bonds. The number of hydrogen-bond acceptors (Lipinski definition) is 2. The molecule has 0 aromatic carbocycles. The van der Waals surface area contributed by atoms with E-state index < -0.39 is 0 Å². The van der Waals surface area contributed by atoms with Crippen LogP contribution >= 0.6 is 0 Å². The van der Waals surface area contributed by atoms with E-state index in [9.17, 15) is 9.90 Å². The van der Waals surface area contributed by atoms with Crippen LogP contribution in [-0.2, 0) is 4.79 Å². The van der Waals surface area contributed by atoms with E-state index in [0.29, 0.717) is 0 Å². The van der Waals surface area contributed by atoms with Gasteiger partial charge in [-0.25, -0.2) is 0 Å². The fourth-order valence-electron chi connectivity index (χ4n) is 3.23. The number of nitrogens with one attached hydrogen (secondary N) is 1. The normalized spacial score (nSPS) is 35.9. The zero-order valence-electron chi connectivity index (χ0n) is 11.5. The van der Waals surface area contributed by atoms with Gasteiger partial charge in [-0.3, -0.25) is 4.79 Å². The van der Waals surface area contributed by atoms with Crippen LogP contribution < -0.4 is 5.32 Å². The molecule has 0 atom stereocenters. The van der Waals surface area contributed by atoms with Crippen LogP contribution in [0.25, 0.3) is 0 Å². The Morgan fingerprint density at radius 2 is 1.89 bits per heavy atom. The number of unbranched alkanes of at least 4 members (excludes halogenated alkanes) is 1. The van der Waals surface area contributed by atoms with Gasteiger partial charge >= 0.3 is 0 Å². The van der Waals surface area contributed by atoms with Gasteiger partial charge in [0.2, 0.25) is 5.91 Å². The molecule has 3 nitrogen and oxygen atoms in total. The highest BCUT2D eigenvalue weighted by Gasteiger charge is 2.32. The summed E-state index contributed by atoms with van der Waals surface area (Å²) in [6.07, 6.45) is 9.86. The molecule has 0 aromatic heterocycles. The molecule has 0 spiro atoms. The highest BCUT2D eigenvalue weighted by atomic mass is 16.3. The van der Waals surface area contributed by atoms with E-state index in [1.54, 1.807) is 0 Å². The minimum Gasteiger partial charge on any atom is -0.393 e. The lowest BCUT2D eigenvalue weighted by molar-refractivity contribution is -0.128. The standard InChI is InChI=1S/C15H27NO2/c1-2-3-4-11-5-7-12(8-6-11)15(18)16-13-9-14(17)10-13/h11-14,17H,2-10H2,1H3,(H,16,18). The highest BCUT2D eigenvalue weighted by Crippen LogP contribution is 2.32. The van der Waals surface area contributed by atoms with Crippen LogP contribution in [0.1, 0.15) is 64.7 Å². The Morgan fingerprint density at radius 3 is 2.44 bits per heavy atom. The van der Waals surface area contributed by atoms with Crippen LogP contribution in [0.3, 0.4) is 0 Å². The van der Waals surface area contributed by atoms with E-state index in [0.717, 1.165) is 31.6 Å². The molecule has 0 radical (unpaired) electrons. The van der Waals surface area contributed by atoms with Crippen molar-refractivity contribution in [3.8, 4) is 0 Å². The van der Waals surface area contributed by atoms with E-state index in [2.05, 4.69) is 12.2 Å². The molecule has 0 bridgehead atoms. The van der Waals surface area contributed by atoms with Crippen molar-refractivity contribution in [1.82, 2.24) is 5.32 Å². The van der Waals surface area contributed by atoms with Gasteiger partial charge in [0, 0.05) is 12.0 Å². The smallest absolute Gasteiger partial charge is 0.223 e. The van der Waals surface area contributed by atoms with Crippen molar-refractivity contribution in [2.45, 2.75) is 76.9 Å². The van der Waals surface area contributed by atoms with Crippen LogP contribution in [0.4, 0.5) is 0 Å². The molecular weight excluding hydrogens is 226 g/mol. The summed E-state index contributed by atoms with van der Waals surface area (Å²) < 4.78 is 0. The molecule has 0 aliphatic heterocycles. The van der Waals surface area contributed by atoms with E-state index in [1.165, 1.54) is 32.1 Å². The molecule has 2 rings (SSSR count). The summed E-state index contributed by atoms with van der Waals surface area (Å²) in [5.74, 6) is 1.33. The maximum atomic E-state index is 12.0. The van der Waals surface area contributed by atoms with Gasteiger partial charge in [0.05, 0.1) is 6.10 Å². The van der Waals surface area contributed by atoms with E-state index in [4.69, 9.17) is 0 Å². The predicted octanol–water partition coefficient (Wildman–Crippen LogP) is 2.62. The molecule has 0 unspecified atom stereocenters. The average Bonchev–Trinajstić information content (AvgIpc) is 2.35. The third kappa shape index (κ3) is 3.71. The average molecular weight is 253 g/mol. The number of carbonyl (C=O) groups is 1. The molecule has 0 heterocycles. The lowest BCUT2D eigenvalue weighted by Crippen LogP contribution is -2.48. The van der Waals surface area contributed by atoms with Crippen LogP contribution in [0.5, 0.6) is 0 Å². The molecule has 18 heavy (non-hydrogen) atoms. The summed E-state index contributed by atoms with van der Waals surface area (Å²) in [7, 11) is 0. The molecule has 0 saturated heterocycles. The summed E-state index contributed by atoms with van der Waals surface area (Å²) in [4.78, 5) is 12.0. The quantitative estimate of drug-likeness (QED) is 0.791. The topological polar surface area (TPSA) is 49.3 Å². The van der Waals surface area contributed by atoms with Crippen molar-refractivity contribution in [2.24, 2.45) is 11.8 Å². The van der Waals surface area contributed by atoms with Crippen molar-refractivity contribution < 1.29 is 9.90 Å². The van der Waals surface area contributed by atoms with Crippen molar-refractivity contribution >= 4 is 5.91 Å². The van der Waals surface area contributed by atoms with Gasteiger partial charge in [-0.2, -0.15) is 0 Å². The van der Waals surface area contributed by atoms with Crippen molar-refractivity contribution in [1.29, 1.82) is 0 Å². The number of amides is 1. The molecular formula is C15H27NO2. The van der Waals surface area contributed by atoms with Gasteiger partial charge in [-0.15, -0.1) is 0 Å². The van der Waals surface area contributed by atoms with Gasteiger partial charge in [-0.05, 0) is 44.4 Å². The van der Waals surface area contributed by atoms with Crippen molar-refractivity contribution in [3.63, 3.8) is 0 Å². The summed E-state index contributed by atoms with van der Waals surface area (Å²) >= 11 is 0. The number of hydrogen-bond donors (Lipinski definition) is 2. The van der Waals surface area contributed by atoms with Gasteiger partial charge < -0.3 is 10.4 Å². The second kappa shape index (κ2) is 6.55. The summed E-state index contributed by atoms with van der Waals surface area (Å²) in [5.41, 5.74) is 0. The number of aliphatic hydroxyl groups excluding tert-OH is 1. The first-order valence-corrected chi connectivity index (χ1v) is 7.67. The number of carbonyl (C=O) groups excluding carboxylic acids is 1. The Hall–Kier alpha value is -0.570. The van der Waals surface area contributed by atoms with Gasteiger partial charge in [0.15, 0.2) is 0 Å². The third-order valence-corrected chi connectivity index (χ3v) is 4.64. The molecule has 0 aromatic rings. The largest absolute Gasteiger partial charge is 0.393 e. The van der Waals surface area contributed by atoms with Gasteiger partial charge in [0.25, 0.3) is 0 Å². The fraction of sp³-hybridized carbons (Fsp3) is 0.933. The summed E-state index contributed by atoms with van der Waals surface area (Å²) in [6.45, 7) is 2.24. The first-order chi connectivity index (χ1) is 8.69. The number of aliphatic hydroxyl groups is 1. The molecule has 104 valence electrons. The Balaban J connectivity index is 1.64. The zero-order valence-corrected chi connectivity index (χ0v) is 11.5. The first kappa shape index (κ1) is 13.9. The second-order valence-electron chi connectivity index (χ2n) is 6.19. The Bertz CT molecular complexity index is 266. The molecule has 2 fully saturated rings. The molecule has 3 heteroatoms. The SMILES string of the molecule is CCCCC1CCC(C(=O)NC2CC(O)C2)CC1. The summed E-state index contributed by atoms with van der Waals surface area (Å²) in [5, 5.41) is 12.3. The van der Waals surface area contributed by atoms with Crippen molar-refractivity contribution in [3.05, 3.63) is 0 Å². The molecule has 2 N–H and O–H groups in total. The number of rotatable bonds is 5. The third-order valence-electron chi connectivity index (χ3n) is 4.64. The highest BCUT2D eigenvalue weighted by molar-refractivity contribution is 5.79. The minimum absolute atomic E-state index is 0.180. The van der Waals surface area contributed by atoms with Crippen LogP contribution in [0.2, 0.25) is 0 Å². The monoisotopic (exact) mass is 253 g/mol. The Labute approximate surface area is 110 Å². The van der Waals surface area contributed by atoms with Crippen molar-refractivity contribution in [2.75, 3.05) is 0 Å². The first-order valence-electron chi connectivity index (χ1n) is 7.67. The summed E-state index contributed by atoms with van der Waals surface area (Å²) in [6, 6.07) is 0.241. The fourth-order valence-corrected chi connectivity index (χ4v) is 3.23. The van der Waals surface area contributed by atoms with E-state index in [-0.39, 0.29) is 24.0 Å². The van der Waals surface area contributed by atoms with Crippen LogP contribution in [0, 0.1) is 11.8 Å². The molecule has 2 saturated carbocycles.